The van der Waals surface area contributed by atoms with Crippen molar-refractivity contribution in [1.29, 1.82) is 0 Å². The van der Waals surface area contributed by atoms with Crippen molar-refractivity contribution >= 4 is 17.6 Å². The largest absolute Gasteiger partial charge is 0.356 e. The molecule has 0 aliphatic heterocycles. The van der Waals surface area contributed by atoms with Gasteiger partial charge in [0.25, 0.3) is 0 Å². The van der Waals surface area contributed by atoms with Crippen molar-refractivity contribution in [1.82, 2.24) is 10.6 Å². The summed E-state index contributed by atoms with van der Waals surface area (Å²) >= 11 is 5.92. The molecule has 0 amide bonds. The van der Waals surface area contributed by atoms with E-state index in [2.05, 4.69) is 29.5 Å². The summed E-state index contributed by atoms with van der Waals surface area (Å²) in [5.74, 6) is 1.42. The molecule has 1 aromatic rings. The van der Waals surface area contributed by atoms with Crippen molar-refractivity contribution in [3.05, 3.63) is 34.9 Å². The Labute approximate surface area is 108 Å². The summed E-state index contributed by atoms with van der Waals surface area (Å²) in [6, 6.07) is 7.80. The van der Waals surface area contributed by atoms with Crippen molar-refractivity contribution in [3.63, 3.8) is 0 Å². The number of nitrogens with one attached hydrogen (secondary N) is 2. The number of halogens is 1. The second kappa shape index (κ2) is 7.17. The molecule has 0 spiro atoms. The standard InChI is InChI=1S/C13H20ClN3/c1-10(2)8-16-13(15-3)17-9-11-5-4-6-12(14)7-11/h4-7,10H,8-9H2,1-3H3,(H2,15,16,17). The molecule has 0 atom stereocenters. The predicted molar refractivity (Wildman–Crippen MR) is 74.5 cm³/mol. The molecule has 0 fully saturated rings. The molecule has 0 saturated heterocycles. The number of hydrogen-bond donors (Lipinski definition) is 2. The average molecular weight is 254 g/mol. The summed E-state index contributed by atoms with van der Waals surface area (Å²) in [7, 11) is 1.77. The predicted octanol–water partition coefficient (Wildman–Crippen LogP) is 2.66. The van der Waals surface area contributed by atoms with Crippen LogP contribution in [0.5, 0.6) is 0 Å². The lowest BCUT2D eigenvalue weighted by molar-refractivity contribution is 0.614. The van der Waals surface area contributed by atoms with Crippen LogP contribution in [0.2, 0.25) is 5.02 Å². The molecule has 0 radical (unpaired) electrons. The van der Waals surface area contributed by atoms with Crippen molar-refractivity contribution in [2.24, 2.45) is 10.9 Å². The molecule has 0 bridgehead atoms. The van der Waals surface area contributed by atoms with Crippen LogP contribution in [-0.4, -0.2) is 19.6 Å². The van der Waals surface area contributed by atoms with Crippen molar-refractivity contribution < 1.29 is 0 Å². The molecule has 94 valence electrons. The fourth-order valence-corrected chi connectivity index (χ4v) is 1.57. The van der Waals surface area contributed by atoms with Crippen LogP contribution in [0.1, 0.15) is 19.4 Å². The van der Waals surface area contributed by atoms with Crippen LogP contribution in [0, 0.1) is 5.92 Å². The van der Waals surface area contributed by atoms with Gasteiger partial charge in [-0.3, -0.25) is 4.99 Å². The molecule has 0 aromatic heterocycles. The number of rotatable bonds is 4. The molecule has 2 N–H and O–H groups in total. The first-order valence-electron chi connectivity index (χ1n) is 5.80. The lowest BCUT2D eigenvalue weighted by Gasteiger charge is -2.13. The zero-order chi connectivity index (χ0) is 12.7. The second-order valence-electron chi connectivity index (χ2n) is 4.33. The van der Waals surface area contributed by atoms with Gasteiger partial charge in [-0.25, -0.2) is 0 Å². The van der Waals surface area contributed by atoms with E-state index in [4.69, 9.17) is 11.6 Å². The van der Waals surface area contributed by atoms with Gasteiger partial charge in [0, 0.05) is 25.2 Å². The molecule has 0 saturated carbocycles. The molecular formula is C13H20ClN3. The van der Waals surface area contributed by atoms with Gasteiger partial charge in [0.2, 0.25) is 0 Å². The Morgan fingerprint density at radius 1 is 1.35 bits per heavy atom. The fourth-order valence-electron chi connectivity index (χ4n) is 1.35. The summed E-state index contributed by atoms with van der Waals surface area (Å²) in [6.07, 6.45) is 0. The summed E-state index contributed by atoms with van der Waals surface area (Å²) in [5.41, 5.74) is 1.14. The number of benzene rings is 1. The van der Waals surface area contributed by atoms with E-state index in [1.165, 1.54) is 0 Å². The maximum absolute atomic E-state index is 5.92. The van der Waals surface area contributed by atoms with Crippen LogP contribution in [-0.2, 0) is 6.54 Å². The van der Waals surface area contributed by atoms with Gasteiger partial charge in [-0.05, 0) is 23.6 Å². The number of hydrogen-bond acceptors (Lipinski definition) is 1. The van der Waals surface area contributed by atoms with E-state index in [1.807, 2.05) is 24.3 Å². The van der Waals surface area contributed by atoms with Gasteiger partial charge in [-0.1, -0.05) is 37.6 Å². The number of guanidine groups is 1. The molecule has 0 aliphatic carbocycles. The quantitative estimate of drug-likeness (QED) is 0.639. The van der Waals surface area contributed by atoms with Crippen LogP contribution in [0.4, 0.5) is 0 Å². The van der Waals surface area contributed by atoms with Crippen LogP contribution in [0.15, 0.2) is 29.3 Å². The Bertz CT molecular complexity index is 375. The highest BCUT2D eigenvalue weighted by atomic mass is 35.5. The Balaban J connectivity index is 2.43. The first-order valence-corrected chi connectivity index (χ1v) is 6.18. The minimum atomic E-state index is 0.597. The molecule has 0 heterocycles. The first kappa shape index (κ1) is 13.8. The maximum Gasteiger partial charge on any atom is 0.191 e. The van der Waals surface area contributed by atoms with Crippen LogP contribution in [0.25, 0.3) is 0 Å². The van der Waals surface area contributed by atoms with Crippen molar-refractivity contribution in [2.75, 3.05) is 13.6 Å². The van der Waals surface area contributed by atoms with E-state index in [0.29, 0.717) is 5.92 Å². The Hall–Kier alpha value is -1.22. The lowest BCUT2D eigenvalue weighted by Crippen LogP contribution is -2.38. The molecule has 1 aromatic carbocycles. The monoisotopic (exact) mass is 253 g/mol. The molecular weight excluding hydrogens is 234 g/mol. The second-order valence-corrected chi connectivity index (χ2v) is 4.77. The topological polar surface area (TPSA) is 36.4 Å². The Morgan fingerprint density at radius 3 is 2.71 bits per heavy atom. The highest BCUT2D eigenvalue weighted by molar-refractivity contribution is 6.30. The van der Waals surface area contributed by atoms with Gasteiger partial charge in [-0.2, -0.15) is 0 Å². The number of nitrogens with zero attached hydrogens (tertiary/aromatic N) is 1. The molecule has 4 heteroatoms. The van der Waals surface area contributed by atoms with Gasteiger partial charge < -0.3 is 10.6 Å². The SMILES string of the molecule is CN=C(NCc1cccc(Cl)c1)NCC(C)C. The van der Waals surface area contributed by atoms with Gasteiger partial charge in [0.05, 0.1) is 0 Å². The minimum Gasteiger partial charge on any atom is -0.356 e. The van der Waals surface area contributed by atoms with Crippen LogP contribution < -0.4 is 10.6 Å². The summed E-state index contributed by atoms with van der Waals surface area (Å²) < 4.78 is 0. The molecule has 3 nitrogen and oxygen atoms in total. The van der Waals surface area contributed by atoms with Gasteiger partial charge in [0.15, 0.2) is 5.96 Å². The average Bonchev–Trinajstić information content (AvgIpc) is 2.29. The van der Waals surface area contributed by atoms with Crippen molar-refractivity contribution in [2.45, 2.75) is 20.4 Å². The normalized spacial score (nSPS) is 11.7. The van der Waals surface area contributed by atoms with Crippen LogP contribution >= 0.6 is 11.6 Å². The maximum atomic E-state index is 5.92. The third kappa shape index (κ3) is 5.59. The highest BCUT2D eigenvalue weighted by Gasteiger charge is 1.99. The van der Waals surface area contributed by atoms with E-state index < -0.39 is 0 Å². The molecule has 17 heavy (non-hydrogen) atoms. The van der Waals surface area contributed by atoms with Crippen LogP contribution in [0.3, 0.4) is 0 Å². The van der Waals surface area contributed by atoms with E-state index in [1.54, 1.807) is 7.05 Å². The molecule has 1 rings (SSSR count). The van der Waals surface area contributed by atoms with Gasteiger partial charge in [0.1, 0.15) is 0 Å². The lowest BCUT2D eigenvalue weighted by atomic mass is 10.2. The third-order valence-corrected chi connectivity index (χ3v) is 2.49. The first-order chi connectivity index (χ1) is 8.11. The van der Waals surface area contributed by atoms with E-state index in [0.717, 1.165) is 29.6 Å². The van der Waals surface area contributed by atoms with Gasteiger partial charge in [-0.15, -0.1) is 0 Å². The minimum absolute atomic E-state index is 0.597. The van der Waals surface area contributed by atoms with Gasteiger partial charge >= 0.3 is 0 Å². The summed E-state index contributed by atoms with van der Waals surface area (Å²) in [5, 5.41) is 7.27. The zero-order valence-electron chi connectivity index (χ0n) is 10.6. The van der Waals surface area contributed by atoms with Crippen molar-refractivity contribution in [3.8, 4) is 0 Å². The summed E-state index contributed by atoms with van der Waals surface area (Å²) in [6.45, 7) is 5.96. The zero-order valence-corrected chi connectivity index (χ0v) is 11.4. The summed E-state index contributed by atoms with van der Waals surface area (Å²) in [4.78, 5) is 4.16. The third-order valence-electron chi connectivity index (χ3n) is 2.25. The Morgan fingerprint density at radius 2 is 2.12 bits per heavy atom. The van der Waals surface area contributed by atoms with E-state index in [-0.39, 0.29) is 0 Å². The smallest absolute Gasteiger partial charge is 0.191 e. The number of aliphatic imine (C=N–C) groups is 1. The molecule has 0 aliphatic rings. The Kier molecular flexibility index (Phi) is 5.84. The fraction of sp³-hybridized carbons (Fsp3) is 0.462. The highest BCUT2D eigenvalue weighted by Crippen LogP contribution is 2.10. The molecule has 0 unspecified atom stereocenters. The van der Waals surface area contributed by atoms with E-state index in [9.17, 15) is 0 Å². The van der Waals surface area contributed by atoms with E-state index >= 15 is 0 Å².